The molecule has 1 N–H and O–H groups in total. The average Bonchev–Trinajstić information content (AvgIpc) is 2.66. The van der Waals surface area contributed by atoms with Gasteiger partial charge < -0.3 is 10.0 Å². The lowest BCUT2D eigenvalue weighted by molar-refractivity contribution is -0.167. The van der Waals surface area contributed by atoms with Crippen molar-refractivity contribution < 1.29 is 23.5 Å². The second kappa shape index (κ2) is 8.15. The van der Waals surface area contributed by atoms with Crippen LogP contribution >= 0.6 is 0 Å². The number of hydrogen-bond donors (Lipinski definition) is 1. The zero-order chi connectivity index (χ0) is 22.2. The first kappa shape index (κ1) is 21.9. The van der Waals surface area contributed by atoms with Crippen LogP contribution in [0.15, 0.2) is 18.2 Å². The van der Waals surface area contributed by atoms with Gasteiger partial charge >= 0.3 is 5.97 Å². The minimum atomic E-state index is -3.13. The molecule has 0 radical (unpaired) electrons. The molecule has 30 heavy (non-hydrogen) atoms. The fraction of sp³-hybridized carbons (Fsp3) is 0.500. The molecule has 8 heteroatoms. The third kappa shape index (κ3) is 4.21. The number of aliphatic carboxylic acids is 1. The maximum Gasteiger partial charge on any atom is 0.308 e. The molecule has 0 aromatic heterocycles. The first-order chi connectivity index (χ1) is 14.0. The van der Waals surface area contributed by atoms with Crippen molar-refractivity contribution >= 4 is 17.4 Å². The normalized spacial score (nSPS) is 24.1. The van der Waals surface area contributed by atoms with Crippen molar-refractivity contribution in [1.29, 1.82) is 5.26 Å². The number of carboxylic acid groups (broad SMARTS) is 1. The largest absolute Gasteiger partial charge is 0.481 e. The highest BCUT2D eigenvalue weighted by Crippen LogP contribution is 2.35. The number of carbonyl (C=O) groups excluding carboxylic acids is 1. The number of rotatable bonds is 3. The van der Waals surface area contributed by atoms with E-state index in [1.54, 1.807) is 0 Å². The Morgan fingerprint density at radius 1 is 1.27 bits per heavy atom. The van der Waals surface area contributed by atoms with Gasteiger partial charge in [-0.3, -0.25) is 14.5 Å². The molecular weight excluding hydrogens is 392 g/mol. The summed E-state index contributed by atoms with van der Waals surface area (Å²) in [5.74, 6) is -6.38. The number of halogens is 2. The van der Waals surface area contributed by atoms with Gasteiger partial charge in [0.25, 0.3) is 5.92 Å². The van der Waals surface area contributed by atoms with E-state index in [0.29, 0.717) is 25.1 Å². The Labute approximate surface area is 174 Å². The number of nitrogens with zero attached hydrogens (tertiary/aromatic N) is 3. The van der Waals surface area contributed by atoms with Crippen molar-refractivity contribution in [2.45, 2.75) is 38.7 Å². The van der Waals surface area contributed by atoms with Crippen LogP contribution < -0.4 is 0 Å². The topological polar surface area (TPSA) is 84.6 Å². The van der Waals surface area contributed by atoms with E-state index < -0.39 is 42.7 Å². The Morgan fingerprint density at radius 3 is 2.40 bits per heavy atom. The van der Waals surface area contributed by atoms with Gasteiger partial charge in [-0.25, -0.2) is 8.78 Å². The summed E-state index contributed by atoms with van der Waals surface area (Å²) in [5, 5.41) is 18.7. The van der Waals surface area contributed by atoms with Crippen LogP contribution in [0.4, 0.5) is 8.78 Å². The van der Waals surface area contributed by atoms with E-state index in [-0.39, 0.29) is 0 Å². The van der Waals surface area contributed by atoms with Gasteiger partial charge in [0.1, 0.15) is 6.04 Å². The number of carbonyl (C=O) groups is 2. The second-order valence-electron chi connectivity index (χ2n) is 8.23. The average molecular weight is 417 g/mol. The van der Waals surface area contributed by atoms with Crippen LogP contribution in [0.5, 0.6) is 0 Å². The standard InChI is InChI=1S/C22H25F2N3O3/c1-13-8-16(9-14(2)18(13)11-25)15-4-6-27(7-5-15)20(28)19-17(21(29)30)10-22(23,24)12-26(19)3/h4,8-9,17,19H,5-7,10,12H2,1-3H3,(H,29,30)/t17-,19-/m0/s1. The van der Waals surface area contributed by atoms with E-state index in [9.17, 15) is 28.7 Å². The van der Waals surface area contributed by atoms with Gasteiger partial charge in [-0.2, -0.15) is 5.26 Å². The Hall–Kier alpha value is -2.79. The quantitative estimate of drug-likeness (QED) is 0.818. The predicted octanol–water partition coefficient (Wildman–Crippen LogP) is 2.83. The van der Waals surface area contributed by atoms with Gasteiger partial charge in [-0.15, -0.1) is 0 Å². The van der Waals surface area contributed by atoms with Gasteiger partial charge in [-0.05, 0) is 49.6 Å². The molecule has 1 aromatic rings. The van der Waals surface area contributed by atoms with Crippen LogP contribution in [0.25, 0.3) is 5.57 Å². The lowest BCUT2D eigenvalue weighted by atomic mass is 9.86. The monoisotopic (exact) mass is 417 g/mol. The maximum absolute atomic E-state index is 13.8. The van der Waals surface area contributed by atoms with Crippen LogP contribution in [0.2, 0.25) is 0 Å². The number of hydrogen-bond acceptors (Lipinski definition) is 4. The van der Waals surface area contributed by atoms with Gasteiger partial charge in [0.15, 0.2) is 0 Å². The molecule has 1 amide bonds. The summed E-state index contributed by atoms with van der Waals surface area (Å²) < 4.78 is 27.7. The fourth-order valence-corrected chi connectivity index (χ4v) is 4.50. The number of likely N-dealkylation sites (tertiary alicyclic amines) is 1. The molecule has 0 unspecified atom stereocenters. The maximum atomic E-state index is 13.8. The Morgan fingerprint density at radius 2 is 1.90 bits per heavy atom. The lowest BCUT2D eigenvalue weighted by Gasteiger charge is -2.42. The van der Waals surface area contributed by atoms with Crippen molar-refractivity contribution in [2.75, 3.05) is 26.7 Å². The molecule has 0 spiro atoms. The van der Waals surface area contributed by atoms with Gasteiger partial charge in [0.05, 0.1) is 24.1 Å². The molecule has 0 aliphatic carbocycles. The van der Waals surface area contributed by atoms with Gasteiger partial charge in [0, 0.05) is 19.5 Å². The highest BCUT2D eigenvalue weighted by Gasteiger charge is 2.51. The number of nitriles is 1. The summed E-state index contributed by atoms with van der Waals surface area (Å²) >= 11 is 0. The third-order valence-corrected chi connectivity index (χ3v) is 5.96. The zero-order valence-corrected chi connectivity index (χ0v) is 17.3. The van der Waals surface area contributed by atoms with E-state index in [4.69, 9.17) is 0 Å². The Kier molecular flexibility index (Phi) is 5.95. The minimum Gasteiger partial charge on any atom is -0.481 e. The third-order valence-electron chi connectivity index (χ3n) is 5.96. The lowest BCUT2D eigenvalue weighted by Crippen LogP contribution is -2.60. The number of amides is 1. The van der Waals surface area contributed by atoms with E-state index in [1.807, 2.05) is 32.1 Å². The summed E-state index contributed by atoms with van der Waals surface area (Å²) in [6, 6.07) is 5.00. The number of carboxylic acids is 1. The molecule has 2 aliphatic heterocycles. The summed E-state index contributed by atoms with van der Waals surface area (Å²) in [6.45, 7) is 3.81. The predicted molar refractivity (Wildman–Crippen MR) is 107 cm³/mol. The molecule has 160 valence electrons. The van der Waals surface area contributed by atoms with Gasteiger partial charge in [-0.1, -0.05) is 18.2 Å². The summed E-state index contributed by atoms with van der Waals surface area (Å²) in [6.07, 6.45) is 1.65. The van der Waals surface area contributed by atoms with Crippen molar-refractivity contribution in [2.24, 2.45) is 5.92 Å². The van der Waals surface area contributed by atoms with Crippen LogP contribution in [0, 0.1) is 31.1 Å². The van der Waals surface area contributed by atoms with Crippen molar-refractivity contribution in [3.05, 3.63) is 40.5 Å². The Balaban J connectivity index is 1.78. The number of aryl methyl sites for hydroxylation is 2. The van der Waals surface area contributed by atoms with E-state index in [0.717, 1.165) is 27.2 Å². The highest BCUT2D eigenvalue weighted by atomic mass is 19.3. The number of alkyl halides is 2. The number of benzene rings is 1. The summed E-state index contributed by atoms with van der Waals surface area (Å²) in [5.41, 5.74) is 4.48. The van der Waals surface area contributed by atoms with E-state index >= 15 is 0 Å². The molecule has 6 nitrogen and oxygen atoms in total. The summed E-state index contributed by atoms with van der Waals surface area (Å²) in [7, 11) is 1.37. The van der Waals surface area contributed by atoms with Crippen molar-refractivity contribution in [1.82, 2.24) is 9.80 Å². The molecule has 1 aromatic carbocycles. The van der Waals surface area contributed by atoms with Gasteiger partial charge in [0.2, 0.25) is 5.91 Å². The van der Waals surface area contributed by atoms with Crippen molar-refractivity contribution in [3.8, 4) is 6.07 Å². The van der Waals surface area contributed by atoms with E-state index in [1.165, 1.54) is 11.9 Å². The van der Waals surface area contributed by atoms with Crippen LogP contribution in [-0.2, 0) is 9.59 Å². The Bertz CT molecular complexity index is 928. The van der Waals surface area contributed by atoms with Crippen LogP contribution in [0.3, 0.4) is 0 Å². The minimum absolute atomic E-state index is 0.291. The molecule has 2 aliphatic rings. The molecule has 3 rings (SSSR count). The van der Waals surface area contributed by atoms with Crippen molar-refractivity contribution in [3.63, 3.8) is 0 Å². The number of likely N-dealkylation sites (N-methyl/N-ethyl adjacent to an activating group) is 1. The van der Waals surface area contributed by atoms with Crippen LogP contribution in [0.1, 0.15) is 35.1 Å². The molecular formula is C22H25F2N3O3. The SMILES string of the molecule is Cc1cc(C2=CCN(C(=O)[C@@H]3[C@@H](C(=O)O)CC(F)(F)CN3C)CC2)cc(C)c1C#N. The molecule has 0 bridgehead atoms. The smallest absolute Gasteiger partial charge is 0.308 e. The molecule has 1 saturated heterocycles. The fourth-order valence-electron chi connectivity index (χ4n) is 4.50. The summed E-state index contributed by atoms with van der Waals surface area (Å²) in [4.78, 5) is 27.3. The first-order valence-corrected chi connectivity index (χ1v) is 9.84. The number of piperidine rings is 1. The molecule has 1 fully saturated rings. The zero-order valence-electron chi connectivity index (χ0n) is 17.3. The van der Waals surface area contributed by atoms with E-state index in [2.05, 4.69) is 6.07 Å². The molecule has 0 saturated carbocycles. The highest BCUT2D eigenvalue weighted by molar-refractivity contribution is 5.88. The first-order valence-electron chi connectivity index (χ1n) is 9.84. The second-order valence-corrected chi connectivity index (χ2v) is 8.23. The van der Waals surface area contributed by atoms with Crippen LogP contribution in [-0.4, -0.2) is 65.4 Å². The molecule has 2 atom stereocenters. The molecule has 2 heterocycles.